The second kappa shape index (κ2) is 26.2. The zero-order chi connectivity index (χ0) is 62.0. The Hall–Kier alpha value is -2.22. The molecule has 3 saturated carbocycles. The minimum absolute atomic E-state index is 0.0553. The van der Waals surface area contributed by atoms with Crippen LogP contribution in [0.5, 0.6) is 0 Å². The van der Waals surface area contributed by atoms with Crippen LogP contribution in [0.25, 0.3) is 0 Å². The van der Waals surface area contributed by atoms with Crippen LogP contribution in [0.3, 0.4) is 0 Å². The first-order chi connectivity index (χ1) is 40.0. The molecule has 5 heterocycles. The summed E-state index contributed by atoms with van der Waals surface area (Å²) in [5, 5.41) is 90.5. The first kappa shape index (κ1) is 67.2. The van der Waals surface area contributed by atoms with Crippen molar-refractivity contribution in [3.63, 3.8) is 0 Å². The maximum absolute atomic E-state index is 13.6. The summed E-state index contributed by atoms with van der Waals surface area (Å²) in [6.07, 6.45) is -13.6. The third kappa shape index (κ3) is 12.3. The Bertz CT molecular complexity index is 2360. The fraction of sp³-hybridized carbons (Fsp3) is 0.902. The summed E-state index contributed by atoms with van der Waals surface area (Å²) >= 11 is 0. The number of aliphatic hydroxyl groups is 8. The Morgan fingerprint density at radius 2 is 1.16 bits per heavy atom. The lowest BCUT2D eigenvalue weighted by atomic mass is 9.42. The second-order valence-electron chi connectivity index (χ2n) is 26.5. The molecule has 8 N–H and O–H groups in total. The average Bonchev–Trinajstić information content (AvgIpc) is 1.61. The summed E-state index contributed by atoms with van der Waals surface area (Å²) in [7, 11) is 4.66. The quantitative estimate of drug-likeness (QED) is 0.0554. The van der Waals surface area contributed by atoms with E-state index in [9.17, 15) is 50.4 Å². The van der Waals surface area contributed by atoms with E-state index in [4.69, 9.17) is 66.3 Å². The highest BCUT2D eigenvalue weighted by molar-refractivity contribution is 5.87. The molecule has 0 spiro atoms. The van der Waals surface area contributed by atoms with Gasteiger partial charge in [0.25, 0.3) is 0 Å². The Morgan fingerprint density at radius 1 is 0.659 bits per heavy atom. The van der Waals surface area contributed by atoms with Gasteiger partial charge in [-0.2, -0.15) is 0 Å². The van der Waals surface area contributed by atoms with E-state index in [2.05, 4.69) is 6.92 Å². The lowest BCUT2D eigenvalue weighted by Crippen LogP contribution is -2.78. The molecule has 0 amide bonds. The van der Waals surface area contributed by atoms with Gasteiger partial charge in [0.1, 0.15) is 71.7 Å². The Balaban J connectivity index is 0.769. The summed E-state index contributed by atoms with van der Waals surface area (Å²) in [4.78, 5) is 26.9. The number of hydrogen-bond donors (Lipinski definition) is 8. The molecule has 0 aromatic heterocycles. The van der Waals surface area contributed by atoms with Crippen molar-refractivity contribution < 1.29 is 117 Å². The normalized spacial score (nSPS) is 50.4. The zero-order valence-electron chi connectivity index (χ0n) is 51.7. The van der Waals surface area contributed by atoms with E-state index in [0.29, 0.717) is 25.7 Å². The number of ketones is 1. The number of fused-ring (bicyclic) bond motifs is 5. The van der Waals surface area contributed by atoms with Gasteiger partial charge in [-0.05, 0) is 105 Å². The molecule has 486 valence electrons. The van der Waals surface area contributed by atoms with Crippen molar-refractivity contribution in [1.82, 2.24) is 0 Å². The smallest absolute Gasteiger partial charge is 0.330 e. The third-order valence-electron chi connectivity index (χ3n) is 21.5. The van der Waals surface area contributed by atoms with Crippen LogP contribution >= 0.6 is 0 Å². The van der Waals surface area contributed by atoms with Crippen molar-refractivity contribution in [1.29, 1.82) is 0 Å². The average molecular weight is 1220 g/mol. The molecule has 5 aliphatic heterocycles. The summed E-state index contributed by atoms with van der Waals surface area (Å²) in [5.41, 5.74) is -6.28. The number of Topliss-reactive ketones (excluding diaryl/α,β-unsaturated/α-hetero) is 1. The van der Waals surface area contributed by atoms with Crippen molar-refractivity contribution in [2.45, 2.75) is 298 Å². The largest absolute Gasteiger partial charge is 0.458 e. The lowest BCUT2D eigenvalue weighted by Gasteiger charge is -2.67. The number of carbonyl (C=O) groups excluding carboxylic acids is 2. The number of hydrogen-bond acceptors (Lipinski definition) is 24. The van der Waals surface area contributed by atoms with E-state index in [-0.39, 0.29) is 57.0 Å². The Morgan fingerprint density at radius 3 is 1.67 bits per heavy atom. The van der Waals surface area contributed by atoms with Gasteiger partial charge in [0.15, 0.2) is 37.2 Å². The van der Waals surface area contributed by atoms with Crippen LogP contribution in [0.2, 0.25) is 0 Å². The highest BCUT2D eigenvalue weighted by Gasteiger charge is 2.81. The van der Waals surface area contributed by atoms with Gasteiger partial charge < -0.3 is 107 Å². The number of methoxy groups -OCH3 is 3. The molecule has 29 unspecified atom stereocenters. The van der Waals surface area contributed by atoms with Gasteiger partial charge in [0.05, 0.1) is 67.0 Å². The van der Waals surface area contributed by atoms with Crippen LogP contribution in [0.4, 0.5) is 0 Å². The SMILES string of the molecule is COC1CC(OC2CCC3(C)C(=CCC4(O)C3CC(OC(=O)C=C(C)C(C)C)C3(C)C(O)(C(C)=O)CCC43O)C2)OC(C)C1OC1CC(O)C(OC2CC(OC)C(OC3CC(OC)C(OC4OC(CO)C(O)C(O)C4O)C(C)O3)C(C)O2)C(C)O1. The molecule has 29 atom stereocenters. The number of rotatable bonds is 18. The van der Waals surface area contributed by atoms with Gasteiger partial charge in [-0.25, -0.2) is 4.79 Å². The molecule has 9 aliphatic rings. The van der Waals surface area contributed by atoms with Crippen LogP contribution in [0.1, 0.15) is 140 Å². The Labute approximate surface area is 498 Å². The Kier molecular flexibility index (Phi) is 20.7. The molecule has 0 aromatic rings. The topological polar surface area (TPSA) is 325 Å². The van der Waals surface area contributed by atoms with E-state index in [1.807, 2.05) is 40.7 Å². The van der Waals surface area contributed by atoms with Gasteiger partial charge >= 0.3 is 5.97 Å². The molecule has 24 heteroatoms. The van der Waals surface area contributed by atoms with E-state index in [1.165, 1.54) is 20.1 Å². The maximum Gasteiger partial charge on any atom is 0.330 e. The van der Waals surface area contributed by atoms with Gasteiger partial charge in [0.2, 0.25) is 0 Å². The molecule has 0 aromatic carbocycles. The molecule has 5 saturated heterocycles. The number of allylic oxidation sites excluding steroid dienone is 1. The zero-order valence-corrected chi connectivity index (χ0v) is 51.7. The van der Waals surface area contributed by atoms with Crippen molar-refractivity contribution in [3.8, 4) is 0 Å². The minimum atomic E-state index is -2.05. The summed E-state index contributed by atoms with van der Waals surface area (Å²) in [6, 6.07) is 0. The van der Waals surface area contributed by atoms with Crippen LogP contribution in [-0.2, 0) is 75.9 Å². The molecular formula is C61H98O24. The molecule has 0 radical (unpaired) electrons. The first-order valence-electron chi connectivity index (χ1n) is 30.7. The van der Waals surface area contributed by atoms with E-state index in [0.717, 1.165) is 11.1 Å². The minimum Gasteiger partial charge on any atom is -0.458 e. The molecule has 24 nitrogen and oxygen atoms in total. The van der Waals surface area contributed by atoms with Crippen molar-refractivity contribution >= 4 is 11.8 Å². The predicted molar refractivity (Wildman–Crippen MR) is 296 cm³/mol. The number of aliphatic hydroxyl groups excluding tert-OH is 5. The third-order valence-corrected chi connectivity index (χ3v) is 21.5. The first-order valence-corrected chi connectivity index (χ1v) is 30.7. The van der Waals surface area contributed by atoms with E-state index in [1.54, 1.807) is 35.0 Å². The van der Waals surface area contributed by atoms with Crippen LogP contribution in [0, 0.1) is 22.7 Å². The van der Waals surface area contributed by atoms with Gasteiger partial charge in [0, 0.05) is 59.0 Å². The second-order valence-corrected chi connectivity index (χ2v) is 26.5. The van der Waals surface area contributed by atoms with Crippen molar-refractivity contribution in [2.75, 3.05) is 27.9 Å². The fourth-order valence-electron chi connectivity index (χ4n) is 15.9. The van der Waals surface area contributed by atoms with Crippen molar-refractivity contribution in [3.05, 3.63) is 23.3 Å². The molecular weight excluding hydrogens is 1120 g/mol. The lowest BCUT2D eigenvalue weighted by molar-refractivity contribution is -0.358. The predicted octanol–water partition coefficient (Wildman–Crippen LogP) is 2.29. The fourth-order valence-corrected chi connectivity index (χ4v) is 15.9. The van der Waals surface area contributed by atoms with E-state index < -0.39 is 187 Å². The monoisotopic (exact) mass is 1210 g/mol. The number of esters is 1. The summed E-state index contributed by atoms with van der Waals surface area (Å²) in [5.74, 6) is -1.69. The van der Waals surface area contributed by atoms with Gasteiger partial charge in [-0.3, -0.25) is 4.79 Å². The van der Waals surface area contributed by atoms with Crippen LogP contribution in [-0.4, -0.2) is 239 Å². The molecule has 4 aliphatic carbocycles. The van der Waals surface area contributed by atoms with Crippen LogP contribution in [0.15, 0.2) is 23.3 Å². The van der Waals surface area contributed by atoms with Crippen molar-refractivity contribution in [2.24, 2.45) is 22.7 Å². The van der Waals surface area contributed by atoms with Gasteiger partial charge in [-0.1, -0.05) is 38.0 Å². The molecule has 9 rings (SSSR count). The molecule has 0 bridgehead atoms. The number of carbonyl (C=O) groups is 2. The molecule has 85 heavy (non-hydrogen) atoms. The van der Waals surface area contributed by atoms with E-state index >= 15 is 0 Å². The summed E-state index contributed by atoms with van der Waals surface area (Å²) in [6.45, 7) is 17.4. The van der Waals surface area contributed by atoms with Gasteiger partial charge in [-0.15, -0.1) is 0 Å². The standard InChI is InChI=1S/C61H98O24/c1-28(2)29(3)20-44(65)81-43-26-42-57(9)16-15-36(21-35(57)14-17-60(42,70)61(71)19-18-59(69,34(8)63)58(43,61)10)79-46-23-38(72-11)53(31(5)76-46)83-45-22-37(64)52(30(4)75-45)82-47-24-39(73-12)54(32(6)77-47)84-48-25-40(74-13)55(33(7)78-48)85-56-51(68)50(67)49(66)41(27-62)80-56/h14,20,28,30-33,36-43,45-56,62,64,66-71H,15-19,21-27H2,1-13H3. The van der Waals surface area contributed by atoms with Crippen LogP contribution < -0.4 is 0 Å². The highest BCUT2D eigenvalue weighted by Crippen LogP contribution is 2.71. The highest BCUT2D eigenvalue weighted by atomic mass is 16.8. The maximum atomic E-state index is 13.6. The summed E-state index contributed by atoms with van der Waals surface area (Å²) < 4.78 is 87.3. The number of ether oxygens (including phenoxy) is 14. The molecule has 8 fully saturated rings.